The molecule has 2 aromatic rings. The van der Waals surface area contributed by atoms with E-state index in [0.29, 0.717) is 11.8 Å². The van der Waals surface area contributed by atoms with E-state index in [-0.39, 0.29) is 0 Å². The van der Waals surface area contributed by atoms with Crippen molar-refractivity contribution in [2.75, 3.05) is 11.4 Å². The van der Waals surface area contributed by atoms with Crippen molar-refractivity contribution in [3.63, 3.8) is 0 Å². The minimum atomic E-state index is 0.338. The number of anilines is 1. The van der Waals surface area contributed by atoms with E-state index in [0.717, 1.165) is 13.0 Å². The summed E-state index contributed by atoms with van der Waals surface area (Å²) < 4.78 is 0. The minimum Gasteiger partial charge on any atom is -0.508 e. The highest BCUT2D eigenvalue weighted by atomic mass is 16.3. The molecule has 0 amide bonds. The second-order valence-corrected chi connectivity index (χ2v) is 5.65. The smallest absolute Gasteiger partial charge is 0.115 e. The Kier molecular flexibility index (Phi) is 3.64. The van der Waals surface area contributed by atoms with Gasteiger partial charge in [0.1, 0.15) is 5.75 Å². The Bertz CT molecular complexity index is 576. The van der Waals surface area contributed by atoms with Gasteiger partial charge in [-0.1, -0.05) is 30.3 Å². The summed E-state index contributed by atoms with van der Waals surface area (Å²) in [5.74, 6) is 0.338. The van der Waals surface area contributed by atoms with E-state index in [1.54, 1.807) is 12.1 Å². The molecule has 0 spiro atoms. The van der Waals surface area contributed by atoms with Crippen LogP contribution >= 0.6 is 0 Å². The van der Waals surface area contributed by atoms with Gasteiger partial charge in [0.15, 0.2) is 0 Å². The van der Waals surface area contributed by atoms with Crippen LogP contribution in [0.5, 0.6) is 5.75 Å². The van der Waals surface area contributed by atoms with Gasteiger partial charge in [0.25, 0.3) is 0 Å². The molecule has 2 nitrogen and oxygen atoms in total. The predicted molar refractivity (Wildman–Crippen MR) is 83.4 cm³/mol. The first-order chi connectivity index (χ1) is 9.74. The number of benzene rings is 2. The standard InChI is InChI=1S/C18H21NO/c1-14(13-15-8-10-17(20)11-9-15)19-12-4-6-16-5-2-3-7-18(16)19/h2-3,5,7-11,14,20H,4,6,12-13H2,1H3. The van der Waals surface area contributed by atoms with Gasteiger partial charge in [-0.25, -0.2) is 0 Å². The molecule has 0 saturated carbocycles. The van der Waals surface area contributed by atoms with Gasteiger partial charge >= 0.3 is 0 Å². The van der Waals surface area contributed by atoms with Crippen LogP contribution in [0.4, 0.5) is 5.69 Å². The predicted octanol–water partition coefficient (Wildman–Crippen LogP) is 3.78. The van der Waals surface area contributed by atoms with Crippen molar-refractivity contribution in [3.05, 3.63) is 59.7 Å². The first kappa shape index (κ1) is 13.0. The number of aryl methyl sites for hydroxylation is 1. The van der Waals surface area contributed by atoms with Crippen molar-refractivity contribution in [1.29, 1.82) is 0 Å². The highest BCUT2D eigenvalue weighted by molar-refractivity contribution is 5.56. The molecule has 20 heavy (non-hydrogen) atoms. The molecule has 1 aliphatic rings. The van der Waals surface area contributed by atoms with E-state index < -0.39 is 0 Å². The number of fused-ring (bicyclic) bond motifs is 1. The molecule has 0 radical (unpaired) electrons. The zero-order chi connectivity index (χ0) is 13.9. The van der Waals surface area contributed by atoms with Crippen molar-refractivity contribution in [3.8, 4) is 5.75 Å². The number of hydrogen-bond acceptors (Lipinski definition) is 2. The number of para-hydroxylation sites is 1. The Hall–Kier alpha value is -1.96. The van der Waals surface area contributed by atoms with Crippen molar-refractivity contribution in [1.82, 2.24) is 0 Å². The van der Waals surface area contributed by atoms with Gasteiger partial charge < -0.3 is 10.0 Å². The molecule has 1 N–H and O–H groups in total. The summed E-state index contributed by atoms with van der Waals surface area (Å²) in [4.78, 5) is 2.52. The molecule has 0 aromatic heterocycles. The first-order valence-electron chi connectivity index (χ1n) is 7.36. The van der Waals surface area contributed by atoms with E-state index in [2.05, 4.69) is 36.1 Å². The Labute approximate surface area is 120 Å². The third-order valence-electron chi connectivity index (χ3n) is 4.15. The number of phenolic OH excluding ortho intramolecular Hbond substituents is 1. The lowest BCUT2D eigenvalue weighted by Gasteiger charge is -2.36. The fourth-order valence-corrected chi connectivity index (χ4v) is 3.10. The van der Waals surface area contributed by atoms with Crippen molar-refractivity contribution < 1.29 is 5.11 Å². The quantitative estimate of drug-likeness (QED) is 0.915. The zero-order valence-corrected chi connectivity index (χ0v) is 11.9. The Morgan fingerprint density at radius 3 is 2.65 bits per heavy atom. The topological polar surface area (TPSA) is 23.5 Å². The molecule has 1 atom stereocenters. The van der Waals surface area contributed by atoms with Gasteiger partial charge in [-0.2, -0.15) is 0 Å². The van der Waals surface area contributed by atoms with E-state index in [1.807, 2.05) is 12.1 Å². The van der Waals surface area contributed by atoms with Crippen LogP contribution in [-0.2, 0) is 12.8 Å². The molecule has 1 heterocycles. The Morgan fingerprint density at radius 1 is 1.10 bits per heavy atom. The molecule has 2 aromatic carbocycles. The summed E-state index contributed by atoms with van der Waals surface area (Å²) in [5, 5.41) is 9.36. The Morgan fingerprint density at radius 2 is 1.85 bits per heavy atom. The molecule has 2 heteroatoms. The molecule has 0 fully saturated rings. The average Bonchev–Trinajstić information content (AvgIpc) is 2.49. The largest absolute Gasteiger partial charge is 0.508 e. The molecular formula is C18H21NO. The zero-order valence-electron chi connectivity index (χ0n) is 11.9. The lowest BCUT2D eigenvalue weighted by molar-refractivity contribution is 0.475. The molecule has 3 rings (SSSR count). The average molecular weight is 267 g/mol. The van der Waals surface area contributed by atoms with Crippen molar-refractivity contribution in [2.45, 2.75) is 32.2 Å². The van der Waals surface area contributed by atoms with Gasteiger partial charge in [0.05, 0.1) is 0 Å². The molecule has 0 saturated heterocycles. The lowest BCUT2D eigenvalue weighted by atomic mass is 9.98. The lowest BCUT2D eigenvalue weighted by Crippen LogP contribution is -2.38. The van der Waals surface area contributed by atoms with E-state index in [4.69, 9.17) is 0 Å². The summed E-state index contributed by atoms with van der Waals surface area (Å²) in [6.45, 7) is 3.42. The first-order valence-corrected chi connectivity index (χ1v) is 7.36. The van der Waals surface area contributed by atoms with Crippen LogP contribution < -0.4 is 4.90 Å². The number of nitrogens with zero attached hydrogens (tertiary/aromatic N) is 1. The van der Waals surface area contributed by atoms with E-state index in [1.165, 1.54) is 29.7 Å². The molecule has 0 aliphatic carbocycles. The monoisotopic (exact) mass is 267 g/mol. The molecular weight excluding hydrogens is 246 g/mol. The minimum absolute atomic E-state index is 0.338. The second-order valence-electron chi connectivity index (χ2n) is 5.65. The van der Waals surface area contributed by atoms with Crippen LogP contribution in [0.25, 0.3) is 0 Å². The molecule has 1 aliphatic heterocycles. The van der Waals surface area contributed by atoms with Crippen LogP contribution in [0.1, 0.15) is 24.5 Å². The van der Waals surface area contributed by atoms with Crippen LogP contribution in [0, 0.1) is 0 Å². The van der Waals surface area contributed by atoms with Crippen LogP contribution in [0.15, 0.2) is 48.5 Å². The van der Waals surface area contributed by atoms with Crippen molar-refractivity contribution in [2.24, 2.45) is 0 Å². The summed E-state index contributed by atoms with van der Waals surface area (Å²) in [6, 6.07) is 16.8. The molecule has 0 bridgehead atoms. The number of rotatable bonds is 3. The van der Waals surface area contributed by atoms with Gasteiger partial charge in [-0.3, -0.25) is 0 Å². The number of aromatic hydroxyl groups is 1. The summed E-state index contributed by atoms with van der Waals surface area (Å²) in [5.41, 5.74) is 4.14. The summed E-state index contributed by atoms with van der Waals surface area (Å²) >= 11 is 0. The maximum absolute atomic E-state index is 9.36. The summed E-state index contributed by atoms with van der Waals surface area (Å²) in [6.07, 6.45) is 3.43. The molecule has 104 valence electrons. The molecule has 1 unspecified atom stereocenters. The number of hydrogen-bond donors (Lipinski definition) is 1. The normalized spacial score (nSPS) is 15.8. The third-order valence-corrected chi connectivity index (χ3v) is 4.15. The SMILES string of the molecule is CC(Cc1ccc(O)cc1)N1CCCc2ccccc21. The van der Waals surface area contributed by atoms with Gasteiger partial charge in [-0.05, 0) is 55.5 Å². The maximum atomic E-state index is 9.36. The van der Waals surface area contributed by atoms with Crippen LogP contribution in [0.3, 0.4) is 0 Å². The van der Waals surface area contributed by atoms with Crippen LogP contribution in [0.2, 0.25) is 0 Å². The van der Waals surface area contributed by atoms with Crippen molar-refractivity contribution >= 4 is 5.69 Å². The van der Waals surface area contributed by atoms with E-state index >= 15 is 0 Å². The van der Waals surface area contributed by atoms with Gasteiger partial charge in [-0.15, -0.1) is 0 Å². The Balaban J connectivity index is 1.78. The fourth-order valence-electron chi connectivity index (χ4n) is 3.10. The number of phenols is 1. The highest BCUT2D eigenvalue weighted by Gasteiger charge is 2.20. The fraction of sp³-hybridized carbons (Fsp3) is 0.333. The second kappa shape index (κ2) is 5.58. The maximum Gasteiger partial charge on any atom is 0.115 e. The van der Waals surface area contributed by atoms with Crippen LogP contribution in [-0.4, -0.2) is 17.7 Å². The summed E-state index contributed by atoms with van der Waals surface area (Å²) in [7, 11) is 0. The third kappa shape index (κ3) is 2.64. The van der Waals surface area contributed by atoms with Gasteiger partial charge in [0.2, 0.25) is 0 Å². The van der Waals surface area contributed by atoms with Gasteiger partial charge in [0, 0.05) is 18.3 Å². The highest BCUT2D eigenvalue weighted by Crippen LogP contribution is 2.29. The van der Waals surface area contributed by atoms with E-state index in [9.17, 15) is 5.11 Å².